The highest BCUT2D eigenvalue weighted by Crippen LogP contribution is 2.30. The first-order valence-corrected chi connectivity index (χ1v) is 5.51. The summed E-state index contributed by atoms with van der Waals surface area (Å²) < 4.78 is 30.7. The number of hydrogen-bond donors (Lipinski definition) is 1. The number of benzene rings is 1. The number of rotatable bonds is 3. The Morgan fingerprint density at radius 3 is 2.82 bits per heavy atom. The number of anilines is 1. The van der Waals surface area contributed by atoms with Crippen LogP contribution in [0.4, 0.5) is 14.5 Å². The minimum atomic E-state index is -2.49. The van der Waals surface area contributed by atoms with E-state index in [2.05, 4.69) is 0 Å². The Morgan fingerprint density at radius 1 is 1.47 bits per heavy atom. The Labute approximate surface area is 99.2 Å². The van der Waals surface area contributed by atoms with E-state index < -0.39 is 12.0 Å². The quantitative estimate of drug-likeness (QED) is 0.879. The standard InChI is InChI=1S/C12H16F2N2O/c1-17-10-4-2-3-9(7-10)16-6-5-12(15,8-16)11(13)14/h2-4,7,11H,5-6,8,15H2,1H3. The van der Waals surface area contributed by atoms with Crippen molar-refractivity contribution < 1.29 is 13.5 Å². The van der Waals surface area contributed by atoms with E-state index in [4.69, 9.17) is 10.5 Å². The second kappa shape index (κ2) is 4.49. The number of methoxy groups -OCH3 is 1. The Kier molecular flexibility index (Phi) is 3.19. The molecule has 5 heteroatoms. The van der Waals surface area contributed by atoms with E-state index in [1.54, 1.807) is 7.11 Å². The molecule has 1 aliphatic heterocycles. The van der Waals surface area contributed by atoms with Crippen LogP contribution in [-0.4, -0.2) is 32.2 Å². The molecule has 1 fully saturated rings. The van der Waals surface area contributed by atoms with Crippen LogP contribution in [0.2, 0.25) is 0 Å². The molecule has 94 valence electrons. The van der Waals surface area contributed by atoms with Crippen LogP contribution in [0.25, 0.3) is 0 Å². The molecule has 0 aromatic heterocycles. The second-order valence-electron chi connectivity index (χ2n) is 4.41. The fraction of sp³-hybridized carbons (Fsp3) is 0.500. The van der Waals surface area contributed by atoms with Gasteiger partial charge in [0.1, 0.15) is 5.75 Å². The fourth-order valence-corrected chi connectivity index (χ4v) is 2.06. The minimum Gasteiger partial charge on any atom is -0.497 e. The summed E-state index contributed by atoms with van der Waals surface area (Å²) in [6, 6.07) is 7.37. The van der Waals surface area contributed by atoms with Gasteiger partial charge in [-0.2, -0.15) is 0 Å². The van der Waals surface area contributed by atoms with Gasteiger partial charge < -0.3 is 15.4 Å². The van der Waals surface area contributed by atoms with E-state index >= 15 is 0 Å². The van der Waals surface area contributed by atoms with Gasteiger partial charge in [0, 0.05) is 24.8 Å². The fourth-order valence-electron chi connectivity index (χ4n) is 2.06. The van der Waals surface area contributed by atoms with Gasteiger partial charge in [-0.25, -0.2) is 8.78 Å². The Bertz CT molecular complexity index is 400. The highest BCUT2D eigenvalue weighted by molar-refractivity contribution is 5.52. The normalized spacial score (nSPS) is 24.4. The molecule has 0 saturated carbocycles. The maximum atomic E-state index is 12.8. The summed E-state index contributed by atoms with van der Waals surface area (Å²) in [5.41, 5.74) is 5.16. The van der Waals surface area contributed by atoms with Crippen LogP contribution in [-0.2, 0) is 0 Å². The summed E-state index contributed by atoms with van der Waals surface area (Å²) in [5, 5.41) is 0. The molecule has 0 amide bonds. The van der Waals surface area contributed by atoms with Crippen LogP contribution in [0.1, 0.15) is 6.42 Å². The minimum absolute atomic E-state index is 0.178. The summed E-state index contributed by atoms with van der Waals surface area (Å²) in [6.45, 7) is 0.728. The molecule has 3 nitrogen and oxygen atoms in total. The highest BCUT2D eigenvalue weighted by Gasteiger charge is 2.42. The second-order valence-corrected chi connectivity index (χ2v) is 4.41. The number of nitrogens with two attached hydrogens (primary N) is 1. The third-order valence-corrected chi connectivity index (χ3v) is 3.19. The van der Waals surface area contributed by atoms with Crippen molar-refractivity contribution in [1.29, 1.82) is 0 Å². The summed E-state index contributed by atoms with van der Waals surface area (Å²) in [6.07, 6.45) is -2.18. The highest BCUT2D eigenvalue weighted by atomic mass is 19.3. The van der Waals surface area contributed by atoms with Gasteiger partial charge in [0.15, 0.2) is 0 Å². The molecule has 17 heavy (non-hydrogen) atoms. The van der Waals surface area contributed by atoms with Crippen molar-refractivity contribution in [3.8, 4) is 5.75 Å². The molecule has 0 aliphatic carbocycles. The number of alkyl halides is 2. The molecule has 0 spiro atoms. The lowest BCUT2D eigenvalue weighted by Crippen LogP contribution is -2.49. The summed E-state index contributed by atoms with van der Waals surface area (Å²) in [4.78, 5) is 1.87. The zero-order valence-corrected chi connectivity index (χ0v) is 9.70. The number of nitrogens with zero attached hydrogens (tertiary/aromatic N) is 1. The van der Waals surface area contributed by atoms with Crippen LogP contribution in [0.15, 0.2) is 24.3 Å². The van der Waals surface area contributed by atoms with Crippen molar-refractivity contribution in [3.05, 3.63) is 24.3 Å². The van der Waals surface area contributed by atoms with Gasteiger partial charge in [0.05, 0.1) is 12.6 Å². The summed E-state index contributed by atoms with van der Waals surface area (Å²) >= 11 is 0. The zero-order valence-electron chi connectivity index (χ0n) is 9.70. The maximum absolute atomic E-state index is 12.8. The maximum Gasteiger partial charge on any atom is 0.258 e. The van der Waals surface area contributed by atoms with Crippen molar-refractivity contribution in [1.82, 2.24) is 0 Å². The third-order valence-electron chi connectivity index (χ3n) is 3.19. The molecule has 2 N–H and O–H groups in total. The molecule has 1 aromatic carbocycles. The van der Waals surface area contributed by atoms with Gasteiger partial charge in [-0.1, -0.05) is 6.07 Å². The van der Waals surface area contributed by atoms with Gasteiger partial charge in [-0.05, 0) is 18.6 Å². The molecular formula is C12H16F2N2O. The Balaban J connectivity index is 2.15. The first kappa shape index (κ1) is 12.1. The predicted molar refractivity (Wildman–Crippen MR) is 62.7 cm³/mol. The lowest BCUT2D eigenvalue weighted by Gasteiger charge is -2.24. The smallest absolute Gasteiger partial charge is 0.258 e. The van der Waals surface area contributed by atoms with Crippen molar-refractivity contribution in [3.63, 3.8) is 0 Å². The molecule has 1 aromatic rings. The number of ether oxygens (including phenoxy) is 1. The van der Waals surface area contributed by atoms with Crippen molar-refractivity contribution in [2.24, 2.45) is 5.73 Å². The summed E-state index contributed by atoms with van der Waals surface area (Å²) in [5.74, 6) is 0.717. The van der Waals surface area contributed by atoms with Gasteiger partial charge in [0.25, 0.3) is 6.43 Å². The van der Waals surface area contributed by atoms with Crippen LogP contribution in [0, 0.1) is 0 Å². The van der Waals surface area contributed by atoms with Crippen LogP contribution in [0.3, 0.4) is 0 Å². The van der Waals surface area contributed by atoms with E-state index in [0.717, 1.165) is 5.69 Å². The first-order valence-electron chi connectivity index (χ1n) is 5.51. The Hall–Kier alpha value is -1.36. The van der Waals surface area contributed by atoms with Gasteiger partial charge in [-0.15, -0.1) is 0 Å². The number of hydrogen-bond acceptors (Lipinski definition) is 3. The topological polar surface area (TPSA) is 38.5 Å². The lowest BCUT2D eigenvalue weighted by molar-refractivity contribution is 0.0655. The predicted octanol–water partition coefficient (Wildman–Crippen LogP) is 1.87. The molecular weight excluding hydrogens is 226 g/mol. The molecule has 1 saturated heterocycles. The number of halogens is 2. The van der Waals surface area contributed by atoms with Crippen LogP contribution < -0.4 is 15.4 Å². The van der Waals surface area contributed by atoms with Crippen molar-refractivity contribution in [2.75, 3.05) is 25.1 Å². The molecule has 1 atom stereocenters. The summed E-state index contributed by atoms with van der Waals surface area (Å²) in [7, 11) is 1.58. The lowest BCUT2D eigenvalue weighted by atomic mass is 10.0. The average molecular weight is 242 g/mol. The van der Waals surface area contributed by atoms with Crippen LogP contribution >= 0.6 is 0 Å². The van der Waals surface area contributed by atoms with Crippen LogP contribution in [0.5, 0.6) is 5.75 Å². The first-order chi connectivity index (χ1) is 8.05. The van der Waals surface area contributed by atoms with Gasteiger partial charge in [-0.3, -0.25) is 0 Å². The molecule has 0 radical (unpaired) electrons. The monoisotopic (exact) mass is 242 g/mol. The van der Waals surface area contributed by atoms with E-state index in [-0.39, 0.29) is 6.54 Å². The third kappa shape index (κ3) is 2.34. The SMILES string of the molecule is COc1cccc(N2CCC(N)(C(F)F)C2)c1. The van der Waals surface area contributed by atoms with Gasteiger partial charge >= 0.3 is 0 Å². The van der Waals surface area contributed by atoms with E-state index in [9.17, 15) is 8.78 Å². The molecule has 1 heterocycles. The Morgan fingerprint density at radius 2 is 2.24 bits per heavy atom. The molecule has 0 bridgehead atoms. The molecule has 1 aliphatic rings. The van der Waals surface area contributed by atoms with E-state index in [1.165, 1.54) is 0 Å². The average Bonchev–Trinajstić information content (AvgIpc) is 2.74. The molecule has 2 rings (SSSR count). The van der Waals surface area contributed by atoms with Gasteiger partial charge in [0.2, 0.25) is 0 Å². The van der Waals surface area contributed by atoms with E-state index in [0.29, 0.717) is 18.7 Å². The molecule has 1 unspecified atom stereocenters. The van der Waals surface area contributed by atoms with Crippen molar-refractivity contribution in [2.45, 2.75) is 18.4 Å². The van der Waals surface area contributed by atoms with Crippen molar-refractivity contribution >= 4 is 5.69 Å². The zero-order chi connectivity index (χ0) is 12.5. The van der Waals surface area contributed by atoms with E-state index in [1.807, 2.05) is 29.2 Å². The largest absolute Gasteiger partial charge is 0.497 e.